The first-order valence-corrected chi connectivity index (χ1v) is 12.3. The van der Waals surface area contributed by atoms with E-state index in [1.165, 1.54) is 12.1 Å². The summed E-state index contributed by atoms with van der Waals surface area (Å²) in [5, 5.41) is 5.64. The van der Waals surface area contributed by atoms with E-state index >= 15 is 0 Å². The molecule has 0 spiro atoms. The van der Waals surface area contributed by atoms with E-state index in [1.54, 1.807) is 18.2 Å². The zero-order valence-corrected chi connectivity index (χ0v) is 19.6. The number of aryl methyl sites for hydroxylation is 2. The minimum atomic E-state index is -3.72. The number of nitrogens with one attached hydrogen (secondary N) is 2. The predicted molar refractivity (Wildman–Crippen MR) is 140 cm³/mol. The van der Waals surface area contributed by atoms with E-state index in [0.29, 0.717) is 11.4 Å². The van der Waals surface area contributed by atoms with Crippen molar-refractivity contribution in [1.82, 2.24) is 4.98 Å². The van der Waals surface area contributed by atoms with Gasteiger partial charge in [0.25, 0.3) is 10.0 Å². The Morgan fingerprint density at radius 3 is 2.29 bits per heavy atom. The fourth-order valence-electron chi connectivity index (χ4n) is 4.05. The van der Waals surface area contributed by atoms with Crippen molar-refractivity contribution in [2.24, 2.45) is 0 Å². The number of pyridine rings is 1. The molecule has 1 heterocycles. The van der Waals surface area contributed by atoms with Crippen LogP contribution in [0.15, 0.2) is 89.8 Å². The fraction of sp³-hybridized carbons (Fsp3) is 0.0741. The summed E-state index contributed by atoms with van der Waals surface area (Å²) in [6, 6.07) is 25.7. The number of hydrogen-bond donors (Lipinski definition) is 3. The maximum absolute atomic E-state index is 12.8. The summed E-state index contributed by atoms with van der Waals surface area (Å²) >= 11 is 0. The van der Waals surface area contributed by atoms with Crippen LogP contribution in [0.2, 0.25) is 0 Å². The van der Waals surface area contributed by atoms with E-state index in [2.05, 4.69) is 35.2 Å². The van der Waals surface area contributed by atoms with Crippen LogP contribution in [0.25, 0.3) is 21.8 Å². The van der Waals surface area contributed by atoms with Gasteiger partial charge in [0.15, 0.2) is 0 Å². The molecule has 6 nitrogen and oxygen atoms in total. The highest BCUT2D eigenvalue weighted by molar-refractivity contribution is 7.92. The van der Waals surface area contributed by atoms with Crippen LogP contribution in [0.3, 0.4) is 0 Å². The fourth-order valence-corrected chi connectivity index (χ4v) is 5.10. The number of sulfonamides is 1. The number of anilines is 4. The smallest absolute Gasteiger partial charge is 0.261 e. The zero-order valence-electron chi connectivity index (χ0n) is 18.8. The Bertz CT molecular complexity index is 1650. The number of aromatic nitrogens is 1. The number of nitrogen functional groups attached to an aromatic ring is 1. The summed E-state index contributed by atoms with van der Waals surface area (Å²) in [7, 11) is -3.72. The van der Waals surface area contributed by atoms with Crippen molar-refractivity contribution in [3.8, 4) is 0 Å². The lowest BCUT2D eigenvalue weighted by Crippen LogP contribution is -2.13. The summed E-state index contributed by atoms with van der Waals surface area (Å²) in [4.78, 5) is 5.02. The van der Waals surface area contributed by atoms with Gasteiger partial charge < -0.3 is 11.1 Å². The normalized spacial score (nSPS) is 11.6. The van der Waals surface area contributed by atoms with E-state index < -0.39 is 10.0 Å². The van der Waals surface area contributed by atoms with E-state index in [-0.39, 0.29) is 4.90 Å². The second-order valence-electron chi connectivity index (χ2n) is 8.30. The summed E-state index contributed by atoms with van der Waals surface area (Å²) in [5.74, 6) is 0. The van der Waals surface area contributed by atoms with Crippen molar-refractivity contribution >= 4 is 54.6 Å². The number of rotatable bonds is 5. The highest BCUT2D eigenvalue weighted by Gasteiger charge is 2.15. The molecule has 0 aliphatic heterocycles. The molecule has 0 saturated heterocycles. The number of para-hydroxylation sites is 2. The number of fused-ring (bicyclic) bond motifs is 2. The van der Waals surface area contributed by atoms with Gasteiger partial charge in [-0.05, 0) is 73.5 Å². The SMILES string of the molecule is Cc1cc(NS(=O)(=O)c2ccc(N)cc2)ccc1Nc1c2ccccc2nc2c(C)cccc12. The van der Waals surface area contributed by atoms with Crippen LogP contribution in [0, 0.1) is 13.8 Å². The van der Waals surface area contributed by atoms with Crippen molar-refractivity contribution in [1.29, 1.82) is 0 Å². The van der Waals surface area contributed by atoms with Crippen molar-refractivity contribution in [2.75, 3.05) is 15.8 Å². The minimum absolute atomic E-state index is 0.159. The van der Waals surface area contributed by atoms with Crippen LogP contribution in [-0.2, 0) is 10.0 Å². The lowest BCUT2D eigenvalue weighted by Gasteiger charge is -2.17. The summed E-state index contributed by atoms with van der Waals surface area (Å²) < 4.78 is 28.1. The molecule has 0 aliphatic rings. The van der Waals surface area contributed by atoms with Gasteiger partial charge in [-0.15, -0.1) is 0 Å². The first-order chi connectivity index (χ1) is 16.3. The molecule has 0 saturated carbocycles. The second kappa shape index (κ2) is 8.35. The molecule has 170 valence electrons. The first kappa shape index (κ1) is 21.7. The molecule has 4 N–H and O–H groups in total. The maximum atomic E-state index is 12.8. The first-order valence-electron chi connectivity index (χ1n) is 10.9. The highest BCUT2D eigenvalue weighted by atomic mass is 32.2. The number of nitrogens with zero attached hydrogens (tertiary/aromatic N) is 1. The Balaban J connectivity index is 1.52. The third-order valence-electron chi connectivity index (χ3n) is 5.84. The monoisotopic (exact) mass is 468 g/mol. The van der Waals surface area contributed by atoms with E-state index in [9.17, 15) is 8.42 Å². The molecule has 0 atom stereocenters. The molecule has 0 amide bonds. The van der Waals surface area contributed by atoms with Gasteiger partial charge >= 0.3 is 0 Å². The molecule has 4 aromatic carbocycles. The summed E-state index contributed by atoms with van der Waals surface area (Å²) in [5.41, 5.74) is 12.4. The van der Waals surface area contributed by atoms with Gasteiger partial charge in [-0.25, -0.2) is 13.4 Å². The maximum Gasteiger partial charge on any atom is 0.261 e. The Morgan fingerprint density at radius 1 is 0.794 bits per heavy atom. The lowest BCUT2D eigenvalue weighted by atomic mass is 10.0. The second-order valence-corrected chi connectivity index (χ2v) is 9.99. The van der Waals surface area contributed by atoms with Crippen LogP contribution >= 0.6 is 0 Å². The topological polar surface area (TPSA) is 97.1 Å². The molecule has 0 radical (unpaired) electrons. The number of hydrogen-bond acceptors (Lipinski definition) is 5. The predicted octanol–water partition coefficient (Wildman–Crippen LogP) is 6.13. The molecule has 5 aromatic rings. The largest absolute Gasteiger partial charge is 0.399 e. The van der Waals surface area contributed by atoms with Gasteiger partial charge in [-0.3, -0.25) is 4.72 Å². The molecule has 5 rings (SSSR count). The third-order valence-corrected chi connectivity index (χ3v) is 7.24. The quantitative estimate of drug-likeness (QED) is 0.213. The van der Waals surface area contributed by atoms with Gasteiger partial charge in [0, 0.05) is 27.8 Å². The van der Waals surface area contributed by atoms with Crippen LogP contribution in [0.1, 0.15) is 11.1 Å². The van der Waals surface area contributed by atoms with E-state index in [4.69, 9.17) is 10.7 Å². The Labute approximate surface area is 198 Å². The van der Waals surface area contributed by atoms with Gasteiger partial charge in [-0.2, -0.15) is 0 Å². The number of benzene rings is 4. The Morgan fingerprint density at radius 2 is 1.53 bits per heavy atom. The van der Waals surface area contributed by atoms with Crippen molar-refractivity contribution < 1.29 is 8.42 Å². The minimum Gasteiger partial charge on any atom is -0.399 e. The van der Waals surface area contributed by atoms with Crippen molar-refractivity contribution in [3.05, 3.63) is 96.1 Å². The molecule has 0 fully saturated rings. The van der Waals surface area contributed by atoms with Crippen molar-refractivity contribution in [2.45, 2.75) is 18.7 Å². The molecule has 0 aliphatic carbocycles. The highest BCUT2D eigenvalue weighted by Crippen LogP contribution is 2.35. The van der Waals surface area contributed by atoms with Gasteiger partial charge in [-0.1, -0.05) is 36.4 Å². The molecule has 7 heteroatoms. The Hall–Kier alpha value is -4.10. The molecular formula is C27H24N4O2S. The molecule has 34 heavy (non-hydrogen) atoms. The van der Waals surface area contributed by atoms with Gasteiger partial charge in [0.05, 0.1) is 21.6 Å². The van der Waals surface area contributed by atoms with Crippen LogP contribution < -0.4 is 15.8 Å². The molecular weight excluding hydrogens is 444 g/mol. The average Bonchev–Trinajstić information content (AvgIpc) is 2.81. The van der Waals surface area contributed by atoms with E-state index in [1.807, 2.05) is 43.3 Å². The van der Waals surface area contributed by atoms with E-state index in [0.717, 1.165) is 44.3 Å². The van der Waals surface area contributed by atoms with Crippen LogP contribution in [-0.4, -0.2) is 13.4 Å². The lowest BCUT2D eigenvalue weighted by molar-refractivity contribution is 0.601. The van der Waals surface area contributed by atoms with Gasteiger partial charge in [0.2, 0.25) is 0 Å². The molecule has 0 bridgehead atoms. The molecule has 0 unspecified atom stereocenters. The van der Waals surface area contributed by atoms with Crippen molar-refractivity contribution in [3.63, 3.8) is 0 Å². The van der Waals surface area contributed by atoms with Crippen LogP contribution in [0.4, 0.5) is 22.7 Å². The van der Waals surface area contributed by atoms with Crippen LogP contribution in [0.5, 0.6) is 0 Å². The zero-order chi connectivity index (χ0) is 23.9. The summed E-state index contributed by atoms with van der Waals surface area (Å²) in [6.07, 6.45) is 0. The Kier molecular flexibility index (Phi) is 5.34. The third kappa shape index (κ3) is 4.02. The summed E-state index contributed by atoms with van der Waals surface area (Å²) in [6.45, 7) is 4.00. The average molecular weight is 469 g/mol. The standard InChI is InChI=1S/C27H24N4O2S/c1-17-6-5-8-23-26(17)30-25-9-4-3-7-22(25)27(23)29-24-15-12-20(16-18(24)2)31-34(32,33)21-13-10-19(28)11-14-21/h3-16,31H,28H2,1-2H3,(H,29,30). The molecule has 1 aromatic heterocycles. The number of nitrogens with two attached hydrogens (primary N) is 1. The van der Waals surface area contributed by atoms with Gasteiger partial charge in [0.1, 0.15) is 0 Å².